The number of carboxylic acid groups (broad SMARTS) is 1. The number of rotatable bonds is 2. The number of allylic oxidation sites excluding steroid dienone is 2. The minimum atomic E-state index is -1.19. The second-order valence-electron chi connectivity index (χ2n) is 5.98. The maximum absolute atomic E-state index is 12.6. The molecule has 1 aromatic carbocycles. The van der Waals surface area contributed by atoms with E-state index in [1.165, 1.54) is 18.2 Å². The van der Waals surface area contributed by atoms with E-state index in [4.69, 9.17) is 16.7 Å². The predicted molar refractivity (Wildman–Crippen MR) is 78.6 cm³/mol. The van der Waals surface area contributed by atoms with Gasteiger partial charge in [0.05, 0.1) is 28.1 Å². The molecule has 2 aliphatic carbocycles. The predicted octanol–water partition coefficient (Wildman–Crippen LogP) is 2.35. The van der Waals surface area contributed by atoms with Crippen LogP contribution in [-0.2, 0) is 9.59 Å². The summed E-state index contributed by atoms with van der Waals surface area (Å²) in [5.74, 6) is -1.99. The van der Waals surface area contributed by atoms with Crippen LogP contribution in [0.4, 0.5) is 5.69 Å². The van der Waals surface area contributed by atoms with Crippen LogP contribution in [0, 0.1) is 23.7 Å². The first-order valence-electron chi connectivity index (χ1n) is 7.08. The topological polar surface area (TPSA) is 74.7 Å². The van der Waals surface area contributed by atoms with Crippen molar-refractivity contribution >= 4 is 35.1 Å². The summed E-state index contributed by atoms with van der Waals surface area (Å²) in [6, 6.07) is 4.21. The van der Waals surface area contributed by atoms with E-state index in [9.17, 15) is 14.4 Å². The highest BCUT2D eigenvalue weighted by atomic mass is 35.5. The Kier molecular flexibility index (Phi) is 2.72. The Morgan fingerprint density at radius 2 is 1.73 bits per heavy atom. The first-order valence-corrected chi connectivity index (χ1v) is 7.46. The van der Waals surface area contributed by atoms with Gasteiger partial charge >= 0.3 is 5.97 Å². The zero-order valence-electron chi connectivity index (χ0n) is 11.4. The Labute approximate surface area is 131 Å². The van der Waals surface area contributed by atoms with E-state index in [0.29, 0.717) is 0 Å². The molecular formula is C16H12ClNO4. The Bertz CT molecular complexity index is 727. The zero-order valence-corrected chi connectivity index (χ0v) is 12.2. The Morgan fingerprint density at radius 3 is 2.27 bits per heavy atom. The number of imide groups is 1. The minimum absolute atomic E-state index is 0.0808. The normalized spacial score (nSPS) is 32.0. The Hall–Kier alpha value is -2.14. The van der Waals surface area contributed by atoms with Crippen molar-refractivity contribution in [1.82, 2.24) is 0 Å². The first-order chi connectivity index (χ1) is 10.5. The number of carbonyl (C=O) groups is 3. The van der Waals surface area contributed by atoms with Crippen LogP contribution in [0.5, 0.6) is 0 Å². The number of fused-ring (bicyclic) bond motifs is 5. The number of halogens is 1. The molecule has 1 N–H and O–H groups in total. The number of hydrogen-bond acceptors (Lipinski definition) is 3. The quantitative estimate of drug-likeness (QED) is 0.671. The van der Waals surface area contributed by atoms with E-state index in [1.54, 1.807) is 0 Å². The van der Waals surface area contributed by atoms with Crippen molar-refractivity contribution in [2.45, 2.75) is 6.42 Å². The van der Waals surface area contributed by atoms with Gasteiger partial charge in [0.1, 0.15) is 0 Å². The third-order valence-corrected chi connectivity index (χ3v) is 5.24. The van der Waals surface area contributed by atoms with Gasteiger partial charge < -0.3 is 5.11 Å². The first kappa shape index (κ1) is 13.5. The molecule has 22 heavy (non-hydrogen) atoms. The fraction of sp³-hybridized carbons (Fsp3) is 0.312. The van der Waals surface area contributed by atoms with Gasteiger partial charge in [0.2, 0.25) is 11.8 Å². The van der Waals surface area contributed by atoms with Crippen LogP contribution >= 0.6 is 11.6 Å². The largest absolute Gasteiger partial charge is 0.478 e. The number of carboxylic acids is 1. The molecule has 2 fully saturated rings. The molecule has 0 unspecified atom stereocenters. The molecule has 2 amide bonds. The molecular weight excluding hydrogens is 306 g/mol. The Morgan fingerprint density at radius 1 is 1.14 bits per heavy atom. The third-order valence-electron chi connectivity index (χ3n) is 4.91. The van der Waals surface area contributed by atoms with Crippen molar-refractivity contribution in [3.05, 3.63) is 40.9 Å². The lowest BCUT2D eigenvalue weighted by atomic mass is 9.85. The average molecular weight is 318 g/mol. The number of anilines is 1. The monoisotopic (exact) mass is 317 g/mol. The number of amides is 2. The highest BCUT2D eigenvalue weighted by Crippen LogP contribution is 2.53. The lowest BCUT2D eigenvalue weighted by molar-refractivity contribution is -0.123. The number of hydrogen-bond donors (Lipinski definition) is 1. The molecule has 1 aromatic rings. The van der Waals surface area contributed by atoms with Crippen LogP contribution in [0.3, 0.4) is 0 Å². The van der Waals surface area contributed by atoms with Crippen LogP contribution in [-0.4, -0.2) is 22.9 Å². The van der Waals surface area contributed by atoms with Crippen molar-refractivity contribution in [2.24, 2.45) is 23.7 Å². The van der Waals surface area contributed by atoms with Crippen molar-refractivity contribution < 1.29 is 19.5 Å². The fourth-order valence-electron chi connectivity index (χ4n) is 3.97. The molecule has 1 saturated heterocycles. The molecule has 0 spiro atoms. The molecule has 2 bridgehead atoms. The highest BCUT2D eigenvalue weighted by Gasteiger charge is 2.59. The van der Waals surface area contributed by atoms with Gasteiger partial charge in [-0.25, -0.2) is 9.69 Å². The second kappa shape index (κ2) is 4.43. The van der Waals surface area contributed by atoms with Gasteiger partial charge in [-0.1, -0.05) is 23.8 Å². The molecule has 1 aliphatic heterocycles. The maximum Gasteiger partial charge on any atom is 0.337 e. The summed E-state index contributed by atoms with van der Waals surface area (Å²) in [5, 5.41) is 9.22. The molecule has 112 valence electrons. The van der Waals surface area contributed by atoms with Crippen LogP contribution in [0.1, 0.15) is 16.8 Å². The van der Waals surface area contributed by atoms with Gasteiger partial charge in [0.25, 0.3) is 0 Å². The second-order valence-corrected chi connectivity index (χ2v) is 6.39. The van der Waals surface area contributed by atoms with Gasteiger partial charge in [-0.15, -0.1) is 0 Å². The van der Waals surface area contributed by atoms with Crippen molar-refractivity contribution in [3.8, 4) is 0 Å². The standard InChI is InChI=1S/C16H12ClNO4/c17-11-4-3-9(6-10(11)16(21)22)18-14(19)12-7-1-2-8(5-7)13(12)15(18)20/h1-4,6-8,12-13H,5H2,(H,21,22)/t7-,8+,12-,13+. The van der Waals surface area contributed by atoms with Gasteiger partial charge in [-0.2, -0.15) is 0 Å². The molecule has 5 nitrogen and oxygen atoms in total. The molecule has 6 heteroatoms. The number of aromatic carboxylic acids is 1. The molecule has 1 heterocycles. The average Bonchev–Trinajstić information content (AvgIpc) is 3.14. The Balaban J connectivity index is 1.76. The summed E-state index contributed by atoms with van der Waals surface area (Å²) in [7, 11) is 0. The maximum atomic E-state index is 12.6. The van der Waals surface area contributed by atoms with Crippen LogP contribution in [0.2, 0.25) is 5.02 Å². The van der Waals surface area contributed by atoms with E-state index in [0.717, 1.165) is 11.3 Å². The molecule has 0 aromatic heterocycles. The fourth-order valence-corrected chi connectivity index (χ4v) is 4.17. The summed E-state index contributed by atoms with van der Waals surface area (Å²) >= 11 is 5.84. The summed E-state index contributed by atoms with van der Waals surface area (Å²) in [5.41, 5.74) is 0.170. The van der Waals surface area contributed by atoms with Crippen LogP contribution in [0.25, 0.3) is 0 Å². The highest BCUT2D eigenvalue weighted by molar-refractivity contribution is 6.34. The van der Waals surface area contributed by atoms with E-state index >= 15 is 0 Å². The lowest BCUT2D eigenvalue weighted by Gasteiger charge is -2.18. The number of nitrogens with zero attached hydrogens (tertiary/aromatic N) is 1. The van der Waals surface area contributed by atoms with Crippen molar-refractivity contribution in [3.63, 3.8) is 0 Å². The smallest absolute Gasteiger partial charge is 0.337 e. The van der Waals surface area contributed by atoms with Crippen molar-refractivity contribution in [2.75, 3.05) is 4.90 Å². The number of carbonyl (C=O) groups excluding carboxylic acids is 2. The number of benzene rings is 1. The molecule has 0 radical (unpaired) electrons. The zero-order chi connectivity index (χ0) is 15.6. The van der Waals surface area contributed by atoms with Crippen LogP contribution in [0.15, 0.2) is 30.4 Å². The van der Waals surface area contributed by atoms with E-state index in [-0.39, 0.29) is 51.8 Å². The summed E-state index contributed by atoms with van der Waals surface area (Å²) in [6.45, 7) is 0. The lowest BCUT2D eigenvalue weighted by Crippen LogP contribution is -2.33. The van der Waals surface area contributed by atoms with E-state index < -0.39 is 5.97 Å². The van der Waals surface area contributed by atoms with E-state index in [2.05, 4.69) is 0 Å². The summed E-state index contributed by atoms with van der Waals surface area (Å²) in [6.07, 6.45) is 4.90. The SMILES string of the molecule is O=C(O)c1cc(N2C(=O)[C@@H]3[C@H](C2=O)[C@@H]2C=C[C@H]3C2)ccc1Cl. The molecule has 4 rings (SSSR count). The van der Waals surface area contributed by atoms with Gasteiger partial charge in [0, 0.05) is 0 Å². The van der Waals surface area contributed by atoms with Crippen LogP contribution < -0.4 is 4.90 Å². The van der Waals surface area contributed by atoms with E-state index in [1.807, 2.05) is 12.2 Å². The minimum Gasteiger partial charge on any atom is -0.478 e. The van der Waals surface area contributed by atoms with Gasteiger partial charge in [-0.05, 0) is 36.5 Å². The van der Waals surface area contributed by atoms with Crippen molar-refractivity contribution in [1.29, 1.82) is 0 Å². The molecule has 3 aliphatic rings. The molecule has 4 atom stereocenters. The summed E-state index contributed by atoms with van der Waals surface area (Å²) < 4.78 is 0. The summed E-state index contributed by atoms with van der Waals surface area (Å²) in [4.78, 5) is 37.6. The van der Waals surface area contributed by atoms with Gasteiger partial charge in [0.15, 0.2) is 0 Å². The molecule has 1 saturated carbocycles. The third kappa shape index (κ3) is 1.63. The van der Waals surface area contributed by atoms with Gasteiger partial charge in [-0.3, -0.25) is 9.59 Å².